The van der Waals surface area contributed by atoms with Crippen molar-refractivity contribution in [2.24, 2.45) is 5.41 Å². The number of ether oxygens (including phenoxy) is 1. The van der Waals surface area contributed by atoms with E-state index in [1.807, 2.05) is 0 Å². The van der Waals surface area contributed by atoms with Gasteiger partial charge in [0.25, 0.3) is 11.5 Å². The van der Waals surface area contributed by atoms with E-state index in [0.29, 0.717) is 6.42 Å². The maximum absolute atomic E-state index is 13.9. The van der Waals surface area contributed by atoms with Crippen molar-refractivity contribution in [3.8, 4) is 0 Å². The highest BCUT2D eigenvalue weighted by molar-refractivity contribution is 6.00. The lowest BCUT2D eigenvalue weighted by molar-refractivity contribution is -0.299. The SMILES string of the molecule is C=CCC(C)n1ccc(NC(=O)OC(C)(C)C)c(NC(=O)CN(CC(C)F)C(=O)C2(C(F)(F)F)CC(F)(F)C2)c1=O. The molecule has 0 aromatic carbocycles. The Hall–Kier alpha value is -3.52. The fraction of sp³-hybridized carbons (Fsp3) is 0.615. The van der Waals surface area contributed by atoms with Crippen molar-refractivity contribution in [1.29, 1.82) is 0 Å². The van der Waals surface area contributed by atoms with E-state index in [4.69, 9.17) is 4.74 Å². The number of pyridine rings is 1. The predicted octanol–water partition coefficient (Wildman–Crippen LogP) is 5.44. The molecular weight excluding hydrogens is 562 g/mol. The summed E-state index contributed by atoms with van der Waals surface area (Å²) in [6, 6.07) is 0.797. The van der Waals surface area contributed by atoms with Crippen LogP contribution in [-0.2, 0) is 14.3 Å². The van der Waals surface area contributed by atoms with Crippen LogP contribution in [-0.4, -0.2) is 64.3 Å². The number of nitrogens with zero attached hydrogens (tertiary/aromatic N) is 2. The maximum atomic E-state index is 13.9. The van der Waals surface area contributed by atoms with E-state index in [0.717, 1.165) is 6.92 Å². The summed E-state index contributed by atoms with van der Waals surface area (Å²) in [6.45, 7) is 8.69. The van der Waals surface area contributed by atoms with Gasteiger partial charge in [-0.2, -0.15) is 13.2 Å². The van der Waals surface area contributed by atoms with Gasteiger partial charge in [-0.1, -0.05) is 6.08 Å². The predicted molar refractivity (Wildman–Crippen MR) is 139 cm³/mol. The minimum Gasteiger partial charge on any atom is -0.444 e. The smallest absolute Gasteiger partial charge is 0.412 e. The first-order chi connectivity index (χ1) is 18.6. The average Bonchev–Trinajstić information content (AvgIpc) is 2.76. The number of carbonyl (C=O) groups is 3. The summed E-state index contributed by atoms with van der Waals surface area (Å²) in [6.07, 6.45) is -8.80. The maximum Gasteiger partial charge on any atom is 0.412 e. The normalized spacial score (nSPS) is 17.4. The lowest BCUT2D eigenvalue weighted by Gasteiger charge is -2.48. The Kier molecular flexibility index (Phi) is 9.98. The molecule has 0 radical (unpaired) electrons. The molecule has 2 atom stereocenters. The standard InChI is InChI=1S/C26H34F6N4O5/c1-7-8-16(3)36-10-9-17(33-22(40)41-23(4,5)6)19(20(36)38)34-18(37)12-35(11-15(2)27)21(39)24(26(30,31)32)13-25(28,29)14-24/h7,9-10,15-16H,1,8,11-14H2,2-6H3,(H,33,40)(H,34,37). The highest BCUT2D eigenvalue weighted by atomic mass is 19.4. The first-order valence-electron chi connectivity index (χ1n) is 12.7. The minimum atomic E-state index is -5.39. The molecule has 1 fully saturated rings. The van der Waals surface area contributed by atoms with Crippen LogP contribution in [0, 0.1) is 5.41 Å². The number of amides is 3. The number of allylic oxidation sites excluding steroid dienone is 1. The third-order valence-corrected chi connectivity index (χ3v) is 6.17. The molecule has 1 aromatic rings. The zero-order chi connectivity index (χ0) is 31.6. The van der Waals surface area contributed by atoms with E-state index in [1.165, 1.54) is 22.9 Å². The molecule has 0 bridgehead atoms. The Morgan fingerprint density at radius 2 is 1.76 bits per heavy atom. The van der Waals surface area contributed by atoms with Crippen LogP contribution in [0.4, 0.5) is 42.5 Å². The van der Waals surface area contributed by atoms with Gasteiger partial charge in [0.1, 0.15) is 17.5 Å². The van der Waals surface area contributed by atoms with Crippen LogP contribution in [0.5, 0.6) is 0 Å². The Balaban J connectivity index is 2.44. The van der Waals surface area contributed by atoms with Crippen LogP contribution in [0.1, 0.15) is 59.9 Å². The second-order valence-corrected chi connectivity index (χ2v) is 11.1. The van der Waals surface area contributed by atoms with Crippen LogP contribution in [0.2, 0.25) is 0 Å². The third kappa shape index (κ3) is 8.26. The van der Waals surface area contributed by atoms with Gasteiger partial charge >= 0.3 is 12.3 Å². The first-order valence-corrected chi connectivity index (χ1v) is 12.7. The van der Waals surface area contributed by atoms with Crippen molar-refractivity contribution >= 4 is 29.3 Å². The Morgan fingerprint density at radius 3 is 2.22 bits per heavy atom. The number of hydrogen-bond donors (Lipinski definition) is 2. The minimum absolute atomic E-state index is 0.200. The molecule has 1 aliphatic carbocycles. The molecule has 0 spiro atoms. The van der Waals surface area contributed by atoms with Gasteiger partial charge in [-0.05, 0) is 47.1 Å². The molecule has 1 aromatic heterocycles. The Labute approximate surface area is 232 Å². The average molecular weight is 597 g/mol. The highest BCUT2D eigenvalue weighted by Crippen LogP contribution is 2.60. The van der Waals surface area contributed by atoms with Crippen LogP contribution in [0.3, 0.4) is 0 Å². The molecule has 41 heavy (non-hydrogen) atoms. The molecule has 0 saturated heterocycles. The largest absolute Gasteiger partial charge is 0.444 e. The molecule has 230 valence electrons. The quantitative estimate of drug-likeness (QED) is 0.276. The van der Waals surface area contributed by atoms with Gasteiger partial charge in [-0.25, -0.2) is 18.0 Å². The number of aromatic nitrogens is 1. The topological polar surface area (TPSA) is 110 Å². The van der Waals surface area contributed by atoms with E-state index >= 15 is 0 Å². The summed E-state index contributed by atoms with van der Waals surface area (Å²) in [5.41, 5.74) is -6.00. The van der Waals surface area contributed by atoms with E-state index in [9.17, 15) is 45.5 Å². The number of alkyl halides is 6. The van der Waals surface area contributed by atoms with Crippen molar-refractivity contribution in [2.75, 3.05) is 23.7 Å². The van der Waals surface area contributed by atoms with E-state index < -0.39 is 90.4 Å². The number of rotatable bonds is 10. The van der Waals surface area contributed by atoms with Crippen LogP contribution in [0.15, 0.2) is 29.7 Å². The van der Waals surface area contributed by atoms with Gasteiger partial charge in [-0.15, -0.1) is 6.58 Å². The van der Waals surface area contributed by atoms with Gasteiger partial charge in [0.15, 0.2) is 5.41 Å². The van der Waals surface area contributed by atoms with Crippen molar-refractivity contribution in [1.82, 2.24) is 9.47 Å². The van der Waals surface area contributed by atoms with Crippen molar-refractivity contribution in [3.05, 3.63) is 35.3 Å². The fourth-order valence-corrected chi connectivity index (χ4v) is 4.37. The summed E-state index contributed by atoms with van der Waals surface area (Å²) >= 11 is 0. The van der Waals surface area contributed by atoms with Crippen LogP contribution < -0.4 is 16.2 Å². The lowest BCUT2D eigenvalue weighted by atomic mass is 9.64. The van der Waals surface area contributed by atoms with E-state index in [-0.39, 0.29) is 10.6 Å². The Morgan fingerprint density at radius 1 is 1.17 bits per heavy atom. The van der Waals surface area contributed by atoms with Crippen LogP contribution >= 0.6 is 0 Å². The van der Waals surface area contributed by atoms with Gasteiger partial charge < -0.3 is 19.5 Å². The molecule has 2 N–H and O–H groups in total. The summed E-state index contributed by atoms with van der Waals surface area (Å²) in [5, 5.41) is 4.48. The van der Waals surface area contributed by atoms with Crippen molar-refractivity contribution in [3.63, 3.8) is 0 Å². The first kappa shape index (κ1) is 33.7. The molecule has 9 nitrogen and oxygen atoms in total. The van der Waals surface area contributed by atoms with Gasteiger partial charge in [0.2, 0.25) is 11.8 Å². The van der Waals surface area contributed by atoms with Crippen molar-refractivity contribution < 1.29 is 45.5 Å². The summed E-state index contributed by atoms with van der Waals surface area (Å²) in [4.78, 5) is 51.7. The van der Waals surface area contributed by atoms with Gasteiger partial charge in [0, 0.05) is 25.1 Å². The molecular formula is C26H34F6N4O5. The number of nitrogens with one attached hydrogen (secondary N) is 2. The zero-order valence-corrected chi connectivity index (χ0v) is 23.3. The van der Waals surface area contributed by atoms with Gasteiger partial charge in [0.05, 0.1) is 18.8 Å². The number of hydrogen-bond acceptors (Lipinski definition) is 5. The molecule has 1 aliphatic rings. The monoisotopic (exact) mass is 596 g/mol. The van der Waals surface area contributed by atoms with Crippen molar-refractivity contribution in [2.45, 2.75) is 83.8 Å². The summed E-state index contributed by atoms with van der Waals surface area (Å²) in [5.74, 6) is -6.88. The molecule has 0 aliphatic heterocycles. The Bertz CT molecular complexity index is 1210. The second kappa shape index (κ2) is 12.1. The third-order valence-electron chi connectivity index (χ3n) is 6.17. The molecule has 3 amide bonds. The molecule has 15 heteroatoms. The number of halogens is 6. The lowest BCUT2D eigenvalue weighted by Crippen LogP contribution is -2.64. The van der Waals surface area contributed by atoms with E-state index in [2.05, 4.69) is 17.2 Å². The summed E-state index contributed by atoms with van der Waals surface area (Å²) in [7, 11) is 0. The fourth-order valence-electron chi connectivity index (χ4n) is 4.37. The molecule has 2 unspecified atom stereocenters. The van der Waals surface area contributed by atoms with Crippen LogP contribution in [0.25, 0.3) is 0 Å². The number of carbonyl (C=O) groups excluding carboxylic acids is 3. The zero-order valence-electron chi connectivity index (χ0n) is 23.3. The molecule has 1 heterocycles. The summed E-state index contributed by atoms with van der Waals surface area (Å²) < 4.78 is 88.7. The second-order valence-electron chi connectivity index (χ2n) is 11.1. The highest BCUT2D eigenvalue weighted by Gasteiger charge is 2.74. The molecule has 2 rings (SSSR count). The van der Waals surface area contributed by atoms with Gasteiger partial charge in [-0.3, -0.25) is 19.7 Å². The number of anilines is 2. The van der Waals surface area contributed by atoms with E-state index in [1.54, 1.807) is 27.7 Å². The molecule has 1 saturated carbocycles.